The first kappa shape index (κ1) is 11.6. The van der Waals surface area contributed by atoms with E-state index >= 15 is 0 Å². The lowest BCUT2D eigenvalue weighted by Crippen LogP contribution is -2.39. The molecule has 2 heteroatoms. The van der Waals surface area contributed by atoms with Gasteiger partial charge in [0.05, 0.1) is 0 Å². The molecule has 88 valence electrons. The predicted molar refractivity (Wildman–Crippen MR) is 68.2 cm³/mol. The van der Waals surface area contributed by atoms with E-state index in [4.69, 9.17) is 5.73 Å². The largest absolute Gasteiger partial charge is 0.326 e. The van der Waals surface area contributed by atoms with E-state index < -0.39 is 0 Å². The Bertz CT molecular complexity index is 352. The molecular weight excluding hydrogens is 196 g/mol. The molecule has 0 heterocycles. The zero-order valence-electron chi connectivity index (χ0n) is 10.4. The monoisotopic (exact) mass is 218 g/mol. The maximum absolute atomic E-state index is 5.86. The Balaban J connectivity index is 2.46. The first-order valence-corrected chi connectivity index (χ1v) is 6.16. The molecule has 0 atom stereocenters. The van der Waals surface area contributed by atoms with Crippen molar-refractivity contribution in [3.63, 3.8) is 0 Å². The molecule has 0 amide bonds. The average molecular weight is 218 g/mol. The highest BCUT2D eigenvalue weighted by Crippen LogP contribution is 2.43. The van der Waals surface area contributed by atoms with Crippen molar-refractivity contribution in [3.8, 4) is 0 Å². The SMILES string of the molecule is CN(C)C1(c2ccccc2CN)CCCC1. The van der Waals surface area contributed by atoms with Crippen molar-refractivity contribution in [2.75, 3.05) is 14.1 Å². The third kappa shape index (κ3) is 1.76. The van der Waals surface area contributed by atoms with Gasteiger partial charge in [0.1, 0.15) is 0 Å². The molecule has 1 aliphatic rings. The summed E-state index contributed by atoms with van der Waals surface area (Å²) in [6.45, 7) is 0.645. The van der Waals surface area contributed by atoms with Crippen molar-refractivity contribution in [3.05, 3.63) is 35.4 Å². The Hall–Kier alpha value is -0.860. The minimum Gasteiger partial charge on any atom is -0.326 e. The molecular formula is C14H22N2. The second kappa shape index (κ2) is 4.56. The molecule has 0 bridgehead atoms. The smallest absolute Gasteiger partial charge is 0.0458 e. The summed E-state index contributed by atoms with van der Waals surface area (Å²) in [5.74, 6) is 0. The highest BCUT2D eigenvalue weighted by atomic mass is 15.1. The molecule has 1 aliphatic carbocycles. The van der Waals surface area contributed by atoms with Gasteiger partial charge in [0.25, 0.3) is 0 Å². The molecule has 0 aliphatic heterocycles. The van der Waals surface area contributed by atoms with Crippen molar-refractivity contribution >= 4 is 0 Å². The molecule has 0 saturated heterocycles. The van der Waals surface area contributed by atoms with Crippen molar-refractivity contribution in [1.29, 1.82) is 0 Å². The fraction of sp³-hybridized carbons (Fsp3) is 0.571. The zero-order chi connectivity index (χ0) is 11.6. The number of benzene rings is 1. The van der Waals surface area contributed by atoms with Crippen molar-refractivity contribution < 1.29 is 0 Å². The van der Waals surface area contributed by atoms with Gasteiger partial charge in [-0.1, -0.05) is 37.1 Å². The minimum absolute atomic E-state index is 0.232. The fourth-order valence-corrected chi connectivity index (χ4v) is 3.07. The second-order valence-corrected chi connectivity index (χ2v) is 4.99. The van der Waals surface area contributed by atoms with Gasteiger partial charge in [-0.3, -0.25) is 4.90 Å². The van der Waals surface area contributed by atoms with Gasteiger partial charge in [-0.2, -0.15) is 0 Å². The Labute approximate surface area is 98.4 Å². The van der Waals surface area contributed by atoms with Gasteiger partial charge < -0.3 is 5.73 Å². The van der Waals surface area contributed by atoms with E-state index in [1.54, 1.807) is 0 Å². The number of hydrogen-bond donors (Lipinski definition) is 1. The van der Waals surface area contributed by atoms with Crippen LogP contribution in [0.4, 0.5) is 0 Å². The average Bonchev–Trinajstić information content (AvgIpc) is 2.79. The molecule has 16 heavy (non-hydrogen) atoms. The molecule has 1 aromatic rings. The molecule has 2 nitrogen and oxygen atoms in total. The van der Waals surface area contributed by atoms with Crippen LogP contribution in [0.25, 0.3) is 0 Å². The van der Waals surface area contributed by atoms with Crippen molar-refractivity contribution in [2.24, 2.45) is 5.73 Å². The van der Waals surface area contributed by atoms with E-state index in [-0.39, 0.29) is 5.54 Å². The lowest BCUT2D eigenvalue weighted by molar-refractivity contribution is 0.157. The van der Waals surface area contributed by atoms with Gasteiger partial charge in [0.2, 0.25) is 0 Å². The summed E-state index contributed by atoms with van der Waals surface area (Å²) in [7, 11) is 4.39. The molecule has 0 unspecified atom stereocenters. The number of hydrogen-bond acceptors (Lipinski definition) is 2. The van der Waals surface area contributed by atoms with Crippen molar-refractivity contribution in [2.45, 2.75) is 37.8 Å². The topological polar surface area (TPSA) is 29.3 Å². The third-order valence-corrected chi connectivity index (χ3v) is 4.03. The van der Waals surface area contributed by atoms with E-state index in [1.165, 1.54) is 36.8 Å². The normalized spacial score (nSPS) is 19.2. The van der Waals surface area contributed by atoms with Gasteiger partial charge in [0.15, 0.2) is 0 Å². The maximum Gasteiger partial charge on any atom is 0.0458 e. The van der Waals surface area contributed by atoms with Crippen LogP contribution in [-0.4, -0.2) is 19.0 Å². The third-order valence-electron chi connectivity index (χ3n) is 4.03. The fourth-order valence-electron chi connectivity index (χ4n) is 3.07. The molecule has 1 aromatic carbocycles. The summed E-state index contributed by atoms with van der Waals surface area (Å²) in [5.41, 5.74) is 8.84. The van der Waals surface area contributed by atoms with E-state index in [9.17, 15) is 0 Å². The van der Waals surface area contributed by atoms with Crippen LogP contribution in [0.15, 0.2) is 24.3 Å². The van der Waals surface area contributed by atoms with E-state index in [0.717, 1.165) is 0 Å². The molecule has 2 N–H and O–H groups in total. The van der Waals surface area contributed by atoms with Gasteiger partial charge in [-0.05, 0) is 38.1 Å². The Morgan fingerprint density at radius 2 is 1.81 bits per heavy atom. The maximum atomic E-state index is 5.86. The van der Waals surface area contributed by atoms with E-state index in [1.807, 2.05) is 0 Å². The minimum atomic E-state index is 0.232. The predicted octanol–water partition coefficient (Wildman–Crippen LogP) is 2.48. The number of nitrogens with zero attached hydrogens (tertiary/aromatic N) is 1. The number of rotatable bonds is 3. The Kier molecular flexibility index (Phi) is 3.31. The van der Waals surface area contributed by atoms with Crippen LogP contribution in [0.2, 0.25) is 0 Å². The van der Waals surface area contributed by atoms with Gasteiger partial charge in [-0.25, -0.2) is 0 Å². The lowest BCUT2D eigenvalue weighted by atomic mass is 9.84. The van der Waals surface area contributed by atoms with Crippen LogP contribution < -0.4 is 5.73 Å². The zero-order valence-corrected chi connectivity index (χ0v) is 10.4. The second-order valence-electron chi connectivity index (χ2n) is 4.99. The van der Waals surface area contributed by atoms with Crippen LogP contribution in [0.1, 0.15) is 36.8 Å². The van der Waals surface area contributed by atoms with Crippen LogP contribution in [-0.2, 0) is 12.1 Å². The Morgan fingerprint density at radius 1 is 1.19 bits per heavy atom. The summed E-state index contributed by atoms with van der Waals surface area (Å²) in [6, 6.07) is 8.65. The first-order valence-electron chi connectivity index (χ1n) is 6.16. The van der Waals surface area contributed by atoms with Crippen LogP contribution in [0.5, 0.6) is 0 Å². The Morgan fingerprint density at radius 3 is 2.38 bits per heavy atom. The molecule has 1 saturated carbocycles. The molecule has 2 rings (SSSR count). The van der Waals surface area contributed by atoms with E-state index in [0.29, 0.717) is 6.54 Å². The summed E-state index contributed by atoms with van der Waals surface area (Å²) < 4.78 is 0. The highest BCUT2D eigenvalue weighted by molar-refractivity contribution is 5.34. The lowest BCUT2D eigenvalue weighted by Gasteiger charge is -2.38. The summed E-state index contributed by atoms with van der Waals surface area (Å²) in [5, 5.41) is 0. The molecule has 0 aromatic heterocycles. The molecule has 1 fully saturated rings. The highest BCUT2D eigenvalue weighted by Gasteiger charge is 2.38. The number of nitrogens with two attached hydrogens (primary N) is 1. The molecule has 0 radical (unpaired) electrons. The molecule has 0 spiro atoms. The van der Waals surface area contributed by atoms with Gasteiger partial charge in [0, 0.05) is 12.1 Å². The van der Waals surface area contributed by atoms with Crippen LogP contribution in [0, 0.1) is 0 Å². The van der Waals surface area contributed by atoms with Crippen LogP contribution >= 0.6 is 0 Å². The standard InChI is InChI=1S/C14H22N2/c1-16(2)14(9-5-6-10-14)13-8-4-3-7-12(13)11-15/h3-4,7-8H,5-6,9-11,15H2,1-2H3. The van der Waals surface area contributed by atoms with Gasteiger partial charge >= 0.3 is 0 Å². The van der Waals surface area contributed by atoms with Crippen LogP contribution in [0.3, 0.4) is 0 Å². The quantitative estimate of drug-likeness (QED) is 0.844. The summed E-state index contributed by atoms with van der Waals surface area (Å²) in [4.78, 5) is 2.38. The summed E-state index contributed by atoms with van der Waals surface area (Å²) >= 11 is 0. The van der Waals surface area contributed by atoms with Gasteiger partial charge in [-0.15, -0.1) is 0 Å². The van der Waals surface area contributed by atoms with Crippen molar-refractivity contribution in [1.82, 2.24) is 4.90 Å². The summed E-state index contributed by atoms with van der Waals surface area (Å²) in [6.07, 6.45) is 5.18. The first-order chi connectivity index (χ1) is 7.70. The van der Waals surface area contributed by atoms with E-state index in [2.05, 4.69) is 43.3 Å².